The average Bonchev–Trinajstić information content (AvgIpc) is 2.77. The molecule has 166 valence electrons. The maximum atomic E-state index is 12.5. The minimum absolute atomic E-state index is 0.0933. The first-order valence-corrected chi connectivity index (χ1v) is 11.7. The van der Waals surface area contributed by atoms with Crippen LogP contribution in [0.2, 0.25) is 5.02 Å². The van der Waals surface area contributed by atoms with Gasteiger partial charge in [0.2, 0.25) is 10.0 Å². The van der Waals surface area contributed by atoms with E-state index >= 15 is 0 Å². The fourth-order valence-electron chi connectivity index (χ4n) is 2.97. The lowest BCUT2D eigenvalue weighted by atomic mass is 10.1. The third kappa shape index (κ3) is 5.87. The SMILES string of the molecule is COC(=O)c1ccc(NC(=O)c2ccc(CN(c3cccc(Cl)c3)S(C)(=O)=O)cc2)cc1. The molecule has 0 heterocycles. The zero-order valence-electron chi connectivity index (χ0n) is 17.4. The molecular weight excluding hydrogens is 452 g/mol. The molecule has 7 nitrogen and oxygen atoms in total. The highest BCUT2D eigenvalue weighted by Gasteiger charge is 2.18. The van der Waals surface area contributed by atoms with Crippen LogP contribution in [0.25, 0.3) is 0 Å². The van der Waals surface area contributed by atoms with Gasteiger partial charge in [0.25, 0.3) is 5.91 Å². The van der Waals surface area contributed by atoms with E-state index in [0.29, 0.717) is 33.1 Å². The standard InChI is InChI=1S/C23H21ClN2O5S/c1-31-23(28)18-10-12-20(13-11-18)25-22(27)17-8-6-16(7-9-17)15-26(32(2,29)30)21-5-3-4-19(24)14-21/h3-14H,15H2,1-2H3,(H,25,27). The Balaban J connectivity index is 1.72. The van der Waals surface area contributed by atoms with Gasteiger partial charge in [0.15, 0.2) is 0 Å². The van der Waals surface area contributed by atoms with Crippen LogP contribution in [-0.4, -0.2) is 33.7 Å². The highest BCUT2D eigenvalue weighted by molar-refractivity contribution is 7.92. The number of halogens is 1. The number of methoxy groups -OCH3 is 1. The van der Waals surface area contributed by atoms with Crippen LogP contribution in [0.15, 0.2) is 72.8 Å². The van der Waals surface area contributed by atoms with Crippen LogP contribution in [0.4, 0.5) is 11.4 Å². The summed E-state index contributed by atoms with van der Waals surface area (Å²) in [6, 6.07) is 19.5. The Bertz CT molecular complexity index is 1230. The molecule has 1 N–H and O–H groups in total. The van der Waals surface area contributed by atoms with Crippen LogP contribution in [0.5, 0.6) is 0 Å². The summed E-state index contributed by atoms with van der Waals surface area (Å²) in [6.07, 6.45) is 1.13. The van der Waals surface area contributed by atoms with Crippen molar-refractivity contribution in [2.45, 2.75) is 6.54 Å². The van der Waals surface area contributed by atoms with Gasteiger partial charge in [-0.1, -0.05) is 29.8 Å². The summed E-state index contributed by atoms with van der Waals surface area (Å²) >= 11 is 6.01. The second kappa shape index (κ2) is 9.84. The van der Waals surface area contributed by atoms with Crippen molar-refractivity contribution >= 4 is 44.9 Å². The van der Waals surface area contributed by atoms with Crippen molar-refractivity contribution in [2.75, 3.05) is 23.0 Å². The van der Waals surface area contributed by atoms with Gasteiger partial charge in [-0.05, 0) is 60.2 Å². The number of nitrogens with one attached hydrogen (secondary N) is 1. The topological polar surface area (TPSA) is 92.8 Å². The molecule has 3 aromatic carbocycles. The van der Waals surface area contributed by atoms with Crippen molar-refractivity contribution in [3.8, 4) is 0 Å². The van der Waals surface area contributed by atoms with E-state index in [1.54, 1.807) is 72.8 Å². The number of amides is 1. The van der Waals surface area contributed by atoms with Gasteiger partial charge in [0.05, 0.1) is 31.2 Å². The number of hydrogen-bond donors (Lipinski definition) is 1. The summed E-state index contributed by atoms with van der Waals surface area (Å²) in [6.45, 7) is 0.0933. The third-order valence-electron chi connectivity index (χ3n) is 4.60. The average molecular weight is 473 g/mol. The summed E-state index contributed by atoms with van der Waals surface area (Å²) in [5, 5.41) is 3.18. The Labute approximate surface area is 191 Å². The van der Waals surface area contributed by atoms with Crippen molar-refractivity contribution in [2.24, 2.45) is 0 Å². The van der Waals surface area contributed by atoms with E-state index in [0.717, 1.165) is 6.26 Å². The number of carbonyl (C=O) groups excluding carboxylic acids is 2. The molecule has 0 saturated heterocycles. The van der Waals surface area contributed by atoms with Gasteiger partial charge in [0.1, 0.15) is 0 Å². The number of carbonyl (C=O) groups is 2. The van der Waals surface area contributed by atoms with Crippen molar-refractivity contribution < 1.29 is 22.7 Å². The van der Waals surface area contributed by atoms with Crippen LogP contribution in [0, 0.1) is 0 Å². The molecule has 32 heavy (non-hydrogen) atoms. The van der Waals surface area contributed by atoms with Crippen molar-refractivity contribution in [3.63, 3.8) is 0 Å². The van der Waals surface area contributed by atoms with Crippen molar-refractivity contribution in [3.05, 3.63) is 94.5 Å². The molecule has 0 bridgehead atoms. The molecule has 3 rings (SSSR count). The van der Waals surface area contributed by atoms with Gasteiger partial charge in [-0.15, -0.1) is 0 Å². The van der Waals surface area contributed by atoms with E-state index < -0.39 is 16.0 Å². The van der Waals surface area contributed by atoms with Crippen molar-refractivity contribution in [1.29, 1.82) is 0 Å². The summed E-state index contributed by atoms with van der Waals surface area (Å²) in [5.41, 5.74) is 2.46. The fourth-order valence-corrected chi connectivity index (χ4v) is 4.03. The molecule has 0 unspecified atom stereocenters. The Hall–Kier alpha value is -3.36. The van der Waals surface area contributed by atoms with E-state index in [1.165, 1.54) is 11.4 Å². The number of esters is 1. The number of benzene rings is 3. The predicted octanol–water partition coefficient (Wildman–Crippen LogP) is 4.35. The van der Waals surface area contributed by atoms with E-state index in [4.69, 9.17) is 11.6 Å². The maximum absolute atomic E-state index is 12.5. The minimum atomic E-state index is -3.55. The molecule has 0 spiro atoms. The second-order valence-corrected chi connectivity index (χ2v) is 9.31. The number of ether oxygens (including phenoxy) is 1. The Morgan fingerprint density at radius 1 is 0.969 bits per heavy atom. The molecule has 0 aromatic heterocycles. The molecule has 1 amide bonds. The molecule has 0 saturated carbocycles. The van der Waals surface area contributed by atoms with Crippen molar-refractivity contribution in [1.82, 2.24) is 0 Å². The molecule has 0 aliphatic heterocycles. The Kier molecular flexibility index (Phi) is 7.17. The quantitative estimate of drug-likeness (QED) is 0.516. The zero-order chi connectivity index (χ0) is 23.3. The monoisotopic (exact) mass is 472 g/mol. The first kappa shape index (κ1) is 23.3. The molecule has 3 aromatic rings. The third-order valence-corrected chi connectivity index (χ3v) is 5.98. The molecule has 0 radical (unpaired) electrons. The van der Waals surface area contributed by atoms with E-state index in [-0.39, 0.29) is 12.5 Å². The van der Waals surface area contributed by atoms with E-state index in [9.17, 15) is 18.0 Å². The summed E-state index contributed by atoms with van der Waals surface area (Å²) in [5.74, 6) is -0.795. The van der Waals surface area contributed by atoms with E-state index in [2.05, 4.69) is 10.1 Å². The molecule has 9 heteroatoms. The molecule has 0 atom stereocenters. The van der Waals surface area contributed by atoms with Gasteiger partial charge in [-0.2, -0.15) is 0 Å². The van der Waals surface area contributed by atoms with Gasteiger partial charge in [-0.3, -0.25) is 9.10 Å². The lowest BCUT2D eigenvalue weighted by Gasteiger charge is -2.22. The largest absolute Gasteiger partial charge is 0.465 e. The first-order valence-electron chi connectivity index (χ1n) is 9.49. The zero-order valence-corrected chi connectivity index (χ0v) is 19.0. The van der Waals surface area contributed by atoms with Gasteiger partial charge in [0, 0.05) is 16.3 Å². The molecule has 0 fully saturated rings. The van der Waals surface area contributed by atoms with Crippen LogP contribution < -0.4 is 9.62 Å². The fraction of sp³-hybridized carbons (Fsp3) is 0.130. The number of rotatable bonds is 7. The van der Waals surface area contributed by atoms with Crippen LogP contribution in [0.3, 0.4) is 0 Å². The van der Waals surface area contributed by atoms with Crippen LogP contribution >= 0.6 is 11.6 Å². The maximum Gasteiger partial charge on any atom is 0.337 e. The Morgan fingerprint density at radius 2 is 1.59 bits per heavy atom. The number of hydrogen-bond acceptors (Lipinski definition) is 5. The van der Waals surface area contributed by atoms with Crippen LogP contribution in [-0.2, 0) is 21.3 Å². The summed E-state index contributed by atoms with van der Waals surface area (Å²) < 4.78 is 30.5. The first-order chi connectivity index (χ1) is 15.2. The number of sulfonamides is 1. The summed E-state index contributed by atoms with van der Waals surface area (Å²) in [4.78, 5) is 24.0. The van der Waals surface area contributed by atoms with Gasteiger partial charge < -0.3 is 10.1 Å². The lowest BCUT2D eigenvalue weighted by Crippen LogP contribution is -2.29. The predicted molar refractivity (Wildman–Crippen MR) is 125 cm³/mol. The summed E-state index contributed by atoms with van der Waals surface area (Å²) in [7, 11) is -2.25. The van der Waals surface area contributed by atoms with E-state index in [1.807, 2.05) is 0 Å². The normalized spacial score (nSPS) is 11.0. The molecule has 0 aliphatic carbocycles. The minimum Gasteiger partial charge on any atom is -0.465 e. The number of anilines is 2. The molecular formula is C23H21ClN2O5S. The Morgan fingerprint density at radius 3 is 2.16 bits per heavy atom. The second-order valence-electron chi connectivity index (χ2n) is 6.97. The highest BCUT2D eigenvalue weighted by atomic mass is 35.5. The molecule has 0 aliphatic rings. The van der Waals surface area contributed by atoms with Gasteiger partial charge >= 0.3 is 5.97 Å². The van der Waals surface area contributed by atoms with Crippen LogP contribution in [0.1, 0.15) is 26.3 Å². The van der Waals surface area contributed by atoms with Gasteiger partial charge in [-0.25, -0.2) is 13.2 Å². The smallest absolute Gasteiger partial charge is 0.337 e. The number of nitrogens with zero attached hydrogens (tertiary/aromatic N) is 1. The lowest BCUT2D eigenvalue weighted by molar-refractivity contribution is 0.0600. The highest BCUT2D eigenvalue weighted by Crippen LogP contribution is 2.24.